The quantitative estimate of drug-likeness (QED) is 0.674. The molecule has 92 valence electrons. The van der Waals surface area contributed by atoms with E-state index in [1.807, 2.05) is 19.1 Å². The number of nitrogens with zero attached hydrogens (tertiary/aromatic N) is 2. The van der Waals surface area contributed by atoms with Gasteiger partial charge in [-0.2, -0.15) is 5.10 Å². The average Bonchev–Trinajstić information content (AvgIpc) is 2.74. The second-order valence-corrected chi connectivity index (χ2v) is 4.67. The number of aromatic amines is 1. The lowest BCUT2D eigenvalue weighted by atomic mass is 10.1. The van der Waals surface area contributed by atoms with Gasteiger partial charge in [-0.1, -0.05) is 13.0 Å². The van der Waals surface area contributed by atoms with Gasteiger partial charge in [-0.25, -0.2) is 8.91 Å². The highest BCUT2D eigenvalue weighted by Gasteiger charge is 2.13. The molecule has 3 rings (SSSR count). The fraction of sp³-hybridized carbons (Fsp3) is 0.167. The summed E-state index contributed by atoms with van der Waals surface area (Å²) in [5.74, 6) is -0.608. The summed E-state index contributed by atoms with van der Waals surface area (Å²) in [5, 5.41) is 4.84. The van der Waals surface area contributed by atoms with Crippen LogP contribution >= 0.6 is 9.24 Å². The molecule has 0 fully saturated rings. The second-order valence-electron chi connectivity index (χ2n) is 4.09. The number of hydrogen-bond donors (Lipinski definition) is 1. The SMILES string of the molecule is CCc1ccc2c([nH]c(=O)c3c(F)cnn32)c1P. The zero-order valence-electron chi connectivity index (χ0n) is 9.70. The van der Waals surface area contributed by atoms with Gasteiger partial charge in [-0.3, -0.25) is 4.79 Å². The Bertz CT molecular complexity index is 821. The van der Waals surface area contributed by atoms with Gasteiger partial charge in [0.2, 0.25) is 0 Å². The van der Waals surface area contributed by atoms with Crippen molar-refractivity contribution in [2.45, 2.75) is 13.3 Å². The summed E-state index contributed by atoms with van der Waals surface area (Å²) in [5.41, 5.74) is 1.98. The fourth-order valence-corrected chi connectivity index (χ4v) is 2.68. The average molecular weight is 263 g/mol. The predicted octanol–water partition coefficient (Wildman–Crippen LogP) is 1.38. The van der Waals surface area contributed by atoms with E-state index in [1.165, 1.54) is 4.52 Å². The summed E-state index contributed by atoms with van der Waals surface area (Å²) in [6.45, 7) is 2.04. The number of fused-ring (bicyclic) bond motifs is 3. The highest BCUT2D eigenvalue weighted by Crippen LogP contribution is 2.16. The molecule has 0 aliphatic heterocycles. The topological polar surface area (TPSA) is 50.2 Å². The highest BCUT2D eigenvalue weighted by molar-refractivity contribution is 7.28. The Morgan fingerprint density at radius 3 is 3.00 bits per heavy atom. The van der Waals surface area contributed by atoms with Crippen LogP contribution in [0.1, 0.15) is 12.5 Å². The van der Waals surface area contributed by atoms with Gasteiger partial charge in [0.15, 0.2) is 11.3 Å². The number of aromatic nitrogens is 3. The third-order valence-corrected chi connectivity index (χ3v) is 3.76. The molecule has 6 heteroatoms. The fourth-order valence-electron chi connectivity index (χ4n) is 2.16. The molecule has 2 aromatic heterocycles. The molecule has 0 saturated carbocycles. The number of nitrogens with one attached hydrogen (secondary N) is 1. The van der Waals surface area contributed by atoms with E-state index >= 15 is 0 Å². The largest absolute Gasteiger partial charge is 0.318 e. The molecule has 0 aliphatic rings. The van der Waals surface area contributed by atoms with Crippen LogP contribution in [-0.2, 0) is 6.42 Å². The number of benzene rings is 1. The molecule has 0 aliphatic carbocycles. The maximum absolute atomic E-state index is 13.5. The van der Waals surface area contributed by atoms with Crippen molar-refractivity contribution in [3.63, 3.8) is 0 Å². The van der Waals surface area contributed by atoms with E-state index in [-0.39, 0.29) is 5.52 Å². The van der Waals surface area contributed by atoms with Gasteiger partial charge in [0, 0.05) is 0 Å². The van der Waals surface area contributed by atoms with Gasteiger partial charge in [0.1, 0.15) is 0 Å². The number of rotatable bonds is 1. The lowest BCUT2D eigenvalue weighted by Gasteiger charge is -2.08. The number of hydrogen-bond acceptors (Lipinski definition) is 2. The normalized spacial score (nSPS) is 11.5. The van der Waals surface area contributed by atoms with Crippen LogP contribution in [-0.4, -0.2) is 14.6 Å². The Morgan fingerprint density at radius 1 is 1.50 bits per heavy atom. The molecule has 0 spiro atoms. The molecule has 4 nitrogen and oxygen atoms in total. The summed E-state index contributed by atoms with van der Waals surface area (Å²) in [6.07, 6.45) is 1.92. The molecule has 1 unspecified atom stereocenters. The molecule has 0 saturated heterocycles. The third kappa shape index (κ3) is 1.40. The molecule has 0 amide bonds. The Morgan fingerprint density at radius 2 is 2.28 bits per heavy atom. The van der Waals surface area contributed by atoms with E-state index in [9.17, 15) is 9.18 Å². The first-order valence-corrected chi connectivity index (χ1v) is 6.17. The summed E-state index contributed by atoms with van der Waals surface area (Å²) in [4.78, 5) is 14.6. The van der Waals surface area contributed by atoms with Crippen molar-refractivity contribution < 1.29 is 4.39 Å². The third-order valence-electron chi connectivity index (χ3n) is 3.10. The summed E-state index contributed by atoms with van der Waals surface area (Å²) in [7, 11) is 2.62. The van der Waals surface area contributed by atoms with Gasteiger partial charge in [-0.05, 0) is 23.4 Å². The minimum absolute atomic E-state index is 0.0452. The molecule has 2 heterocycles. The molecule has 0 bridgehead atoms. The van der Waals surface area contributed by atoms with Gasteiger partial charge >= 0.3 is 0 Å². The lowest BCUT2D eigenvalue weighted by Crippen LogP contribution is -2.16. The summed E-state index contributed by atoms with van der Waals surface area (Å²) in [6, 6.07) is 3.80. The van der Waals surface area contributed by atoms with Gasteiger partial charge < -0.3 is 4.98 Å². The van der Waals surface area contributed by atoms with Crippen LogP contribution in [0.3, 0.4) is 0 Å². The molecular formula is C12H11FN3OP. The summed E-state index contributed by atoms with van der Waals surface area (Å²) >= 11 is 0. The molecule has 18 heavy (non-hydrogen) atoms. The molecule has 1 atom stereocenters. The van der Waals surface area contributed by atoms with Crippen LogP contribution in [0.5, 0.6) is 0 Å². The maximum Gasteiger partial charge on any atom is 0.277 e. The summed E-state index contributed by atoms with van der Waals surface area (Å²) < 4.78 is 14.8. The van der Waals surface area contributed by atoms with Crippen LogP contribution in [0.25, 0.3) is 16.6 Å². The Labute approximate surface area is 104 Å². The zero-order chi connectivity index (χ0) is 12.9. The van der Waals surface area contributed by atoms with E-state index in [0.717, 1.165) is 23.5 Å². The Balaban J connectivity index is 2.58. The number of H-pyrrole nitrogens is 1. The maximum atomic E-state index is 13.5. The molecule has 1 N–H and O–H groups in total. The first-order valence-electron chi connectivity index (χ1n) is 5.60. The Kier molecular flexibility index (Phi) is 2.45. The monoisotopic (exact) mass is 263 g/mol. The van der Waals surface area contributed by atoms with Crippen LogP contribution < -0.4 is 10.9 Å². The van der Waals surface area contributed by atoms with Crippen molar-refractivity contribution >= 4 is 31.1 Å². The van der Waals surface area contributed by atoms with E-state index in [1.54, 1.807) is 0 Å². The minimum Gasteiger partial charge on any atom is -0.318 e. The first kappa shape index (κ1) is 11.4. The Hall–Kier alpha value is -1.74. The van der Waals surface area contributed by atoms with Crippen molar-refractivity contribution in [3.05, 3.63) is 40.1 Å². The second kappa shape index (κ2) is 3.89. The molecular weight excluding hydrogens is 252 g/mol. The lowest BCUT2D eigenvalue weighted by molar-refractivity contribution is 0.638. The van der Waals surface area contributed by atoms with Crippen molar-refractivity contribution in [2.75, 3.05) is 0 Å². The standard InChI is InChI=1S/C12H11FN3OP/c1-2-6-3-4-8-9(11(6)18)15-12(17)10-7(13)5-14-16(8)10/h3-5H,2,18H2,1H3,(H,15,17). The smallest absolute Gasteiger partial charge is 0.277 e. The van der Waals surface area contributed by atoms with Crippen LogP contribution in [0.2, 0.25) is 0 Å². The van der Waals surface area contributed by atoms with E-state index in [2.05, 4.69) is 19.3 Å². The van der Waals surface area contributed by atoms with E-state index in [4.69, 9.17) is 0 Å². The molecule has 3 aromatic rings. The number of aryl methyl sites for hydroxylation is 1. The van der Waals surface area contributed by atoms with Crippen molar-refractivity contribution in [1.29, 1.82) is 0 Å². The zero-order valence-corrected chi connectivity index (χ0v) is 10.9. The first-order chi connectivity index (χ1) is 8.63. The van der Waals surface area contributed by atoms with Crippen molar-refractivity contribution in [1.82, 2.24) is 14.6 Å². The van der Waals surface area contributed by atoms with E-state index in [0.29, 0.717) is 11.0 Å². The van der Waals surface area contributed by atoms with Crippen molar-refractivity contribution in [3.8, 4) is 0 Å². The van der Waals surface area contributed by atoms with Gasteiger partial charge in [0.05, 0.1) is 17.2 Å². The predicted molar refractivity (Wildman–Crippen MR) is 72.0 cm³/mol. The van der Waals surface area contributed by atoms with Crippen molar-refractivity contribution in [2.24, 2.45) is 0 Å². The van der Waals surface area contributed by atoms with Crippen LogP contribution in [0.15, 0.2) is 23.1 Å². The van der Waals surface area contributed by atoms with E-state index < -0.39 is 11.4 Å². The van der Waals surface area contributed by atoms with Gasteiger partial charge in [0.25, 0.3) is 5.56 Å². The van der Waals surface area contributed by atoms with Crippen LogP contribution in [0, 0.1) is 5.82 Å². The number of halogens is 1. The van der Waals surface area contributed by atoms with Crippen LogP contribution in [0.4, 0.5) is 4.39 Å². The highest BCUT2D eigenvalue weighted by atomic mass is 31.0. The minimum atomic E-state index is -0.608. The molecule has 1 aromatic carbocycles. The molecule has 0 radical (unpaired) electrons. The van der Waals surface area contributed by atoms with Gasteiger partial charge in [-0.15, -0.1) is 9.24 Å².